The quantitative estimate of drug-likeness (QED) is 0.809. The van der Waals surface area contributed by atoms with Crippen LogP contribution in [0.25, 0.3) is 0 Å². The zero-order chi connectivity index (χ0) is 11.4. The van der Waals surface area contributed by atoms with Crippen molar-refractivity contribution in [3.8, 4) is 0 Å². The molecule has 16 heavy (non-hydrogen) atoms. The Kier molecular flexibility index (Phi) is 2.13. The minimum Gasteiger partial charge on any atom is -0.366 e. The van der Waals surface area contributed by atoms with Gasteiger partial charge in [0, 0.05) is 21.8 Å². The van der Waals surface area contributed by atoms with E-state index in [0.29, 0.717) is 12.1 Å². The molecular formula is C12H16N2OS. The van der Waals surface area contributed by atoms with Crippen molar-refractivity contribution in [1.29, 1.82) is 0 Å². The normalized spacial score (nSPS) is 28.1. The molecule has 0 aromatic carbocycles. The van der Waals surface area contributed by atoms with Crippen molar-refractivity contribution < 1.29 is 4.79 Å². The van der Waals surface area contributed by atoms with Crippen LogP contribution in [0.3, 0.4) is 0 Å². The van der Waals surface area contributed by atoms with E-state index in [9.17, 15) is 4.79 Å². The lowest BCUT2D eigenvalue weighted by Gasteiger charge is -2.31. The third-order valence-electron chi connectivity index (χ3n) is 4.04. The van der Waals surface area contributed by atoms with E-state index in [1.54, 1.807) is 11.3 Å². The number of aryl methyl sites for hydroxylation is 1. The summed E-state index contributed by atoms with van der Waals surface area (Å²) in [5, 5.41) is 0. The van der Waals surface area contributed by atoms with Crippen LogP contribution < -0.4 is 5.73 Å². The molecule has 0 radical (unpaired) electrons. The van der Waals surface area contributed by atoms with Gasteiger partial charge in [-0.1, -0.05) is 0 Å². The van der Waals surface area contributed by atoms with Gasteiger partial charge in [-0.15, -0.1) is 11.3 Å². The number of nitrogens with zero attached hydrogens (tertiary/aromatic N) is 1. The maximum absolute atomic E-state index is 11.5. The second-order valence-electron chi connectivity index (χ2n) is 4.85. The SMILES string of the molecule is Cc1sc2c(c1C(N)=O)C1CC[C@H](C2)N1C. The fourth-order valence-electron chi connectivity index (χ4n) is 3.25. The summed E-state index contributed by atoms with van der Waals surface area (Å²) >= 11 is 1.77. The summed E-state index contributed by atoms with van der Waals surface area (Å²) in [6.45, 7) is 2.01. The van der Waals surface area contributed by atoms with Crippen molar-refractivity contribution in [3.63, 3.8) is 0 Å². The number of thiophene rings is 1. The van der Waals surface area contributed by atoms with Crippen LogP contribution in [0.5, 0.6) is 0 Å². The molecule has 1 amide bonds. The molecule has 4 heteroatoms. The first-order valence-corrected chi connectivity index (χ1v) is 6.55. The summed E-state index contributed by atoms with van der Waals surface area (Å²) in [5.41, 5.74) is 7.55. The molecular weight excluding hydrogens is 220 g/mol. The Morgan fingerprint density at radius 3 is 2.94 bits per heavy atom. The number of hydrogen-bond acceptors (Lipinski definition) is 3. The van der Waals surface area contributed by atoms with E-state index in [1.807, 2.05) is 6.92 Å². The van der Waals surface area contributed by atoms with Gasteiger partial charge in [-0.3, -0.25) is 9.69 Å². The zero-order valence-corrected chi connectivity index (χ0v) is 10.4. The van der Waals surface area contributed by atoms with Gasteiger partial charge < -0.3 is 5.73 Å². The summed E-state index contributed by atoms with van der Waals surface area (Å²) in [6.07, 6.45) is 3.52. The number of amides is 1. The average molecular weight is 236 g/mol. The van der Waals surface area contributed by atoms with Crippen LogP contribution in [0.4, 0.5) is 0 Å². The van der Waals surface area contributed by atoms with E-state index in [0.717, 1.165) is 16.9 Å². The number of primary amides is 1. The van der Waals surface area contributed by atoms with Crippen LogP contribution in [-0.2, 0) is 6.42 Å². The lowest BCUT2D eigenvalue weighted by atomic mass is 9.96. The van der Waals surface area contributed by atoms with Gasteiger partial charge in [0.25, 0.3) is 0 Å². The second kappa shape index (κ2) is 3.31. The molecule has 3 rings (SSSR count). The van der Waals surface area contributed by atoms with Gasteiger partial charge in [-0.05, 0) is 38.8 Å². The lowest BCUT2D eigenvalue weighted by molar-refractivity contribution is 0.0996. The molecule has 1 aromatic heterocycles. The van der Waals surface area contributed by atoms with Crippen LogP contribution in [0.15, 0.2) is 0 Å². The summed E-state index contributed by atoms with van der Waals surface area (Å²) in [6, 6.07) is 1.11. The molecule has 1 aromatic rings. The van der Waals surface area contributed by atoms with Crippen LogP contribution >= 0.6 is 11.3 Å². The number of hydrogen-bond donors (Lipinski definition) is 1. The van der Waals surface area contributed by atoms with E-state index >= 15 is 0 Å². The third kappa shape index (κ3) is 1.20. The fourth-order valence-corrected chi connectivity index (χ4v) is 4.56. The highest BCUT2D eigenvalue weighted by molar-refractivity contribution is 7.12. The smallest absolute Gasteiger partial charge is 0.250 e. The van der Waals surface area contributed by atoms with Crippen LogP contribution in [0.2, 0.25) is 0 Å². The van der Waals surface area contributed by atoms with Crippen LogP contribution in [0, 0.1) is 6.92 Å². The van der Waals surface area contributed by atoms with E-state index in [2.05, 4.69) is 11.9 Å². The fraction of sp³-hybridized carbons (Fsp3) is 0.583. The van der Waals surface area contributed by atoms with Crippen LogP contribution in [0.1, 0.15) is 44.6 Å². The number of carbonyl (C=O) groups is 1. The zero-order valence-electron chi connectivity index (χ0n) is 9.62. The predicted octanol–water partition coefficient (Wildman–Crippen LogP) is 1.85. The highest BCUT2D eigenvalue weighted by Gasteiger charge is 2.41. The summed E-state index contributed by atoms with van der Waals surface area (Å²) in [5.74, 6) is -0.256. The molecule has 2 aliphatic rings. The molecule has 2 aliphatic heterocycles. The maximum Gasteiger partial charge on any atom is 0.250 e. The van der Waals surface area contributed by atoms with Crippen LogP contribution in [-0.4, -0.2) is 23.9 Å². The molecule has 86 valence electrons. The van der Waals surface area contributed by atoms with Gasteiger partial charge in [0.05, 0.1) is 5.56 Å². The van der Waals surface area contributed by atoms with E-state index in [1.165, 1.54) is 23.3 Å². The Bertz CT molecular complexity index is 466. The topological polar surface area (TPSA) is 46.3 Å². The first-order valence-electron chi connectivity index (χ1n) is 5.73. The Labute approximate surface area is 99.2 Å². The van der Waals surface area contributed by atoms with Crippen molar-refractivity contribution in [2.45, 2.75) is 38.3 Å². The molecule has 2 atom stereocenters. The van der Waals surface area contributed by atoms with Gasteiger partial charge in [-0.2, -0.15) is 0 Å². The van der Waals surface area contributed by atoms with Crippen molar-refractivity contribution in [1.82, 2.24) is 4.90 Å². The van der Waals surface area contributed by atoms with Crippen molar-refractivity contribution in [3.05, 3.63) is 20.9 Å². The number of fused-ring (bicyclic) bond motifs is 4. The number of likely N-dealkylation sites (N-methyl/N-ethyl adjacent to an activating group) is 1. The Hall–Kier alpha value is -0.870. The Morgan fingerprint density at radius 1 is 1.50 bits per heavy atom. The van der Waals surface area contributed by atoms with Gasteiger partial charge in [0.15, 0.2) is 0 Å². The molecule has 0 spiro atoms. The van der Waals surface area contributed by atoms with Gasteiger partial charge in [-0.25, -0.2) is 0 Å². The molecule has 3 heterocycles. The van der Waals surface area contributed by atoms with E-state index < -0.39 is 0 Å². The molecule has 1 saturated heterocycles. The number of carbonyl (C=O) groups excluding carboxylic acids is 1. The monoisotopic (exact) mass is 236 g/mol. The molecule has 2 N–H and O–H groups in total. The van der Waals surface area contributed by atoms with Gasteiger partial charge in [0.1, 0.15) is 0 Å². The lowest BCUT2D eigenvalue weighted by Crippen LogP contribution is -2.34. The summed E-state index contributed by atoms with van der Waals surface area (Å²) in [7, 11) is 2.17. The molecule has 3 nitrogen and oxygen atoms in total. The second-order valence-corrected chi connectivity index (χ2v) is 6.16. The molecule has 0 aliphatic carbocycles. The predicted molar refractivity (Wildman–Crippen MR) is 64.8 cm³/mol. The Balaban J connectivity index is 2.19. The minimum atomic E-state index is -0.256. The highest BCUT2D eigenvalue weighted by Crippen LogP contribution is 2.47. The first-order chi connectivity index (χ1) is 7.59. The van der Waals surface area contributed by atoms with E-state index in [4.69, 9.17) is 5.73 Å². The molecule has 1 unspecified atom stereocenters. The molecule has 0 saturated carbocycles. The van der Waals surface area contributed by atoms with Gasteiger partial charge in [0.2, 0.25) is 5.91 Å². The molecule has 1 fully saturated rings. The van der Waals surface area contributed by atoms with E-state index in [-0.39, 0.29) is 5.91 Å². The number of nitrogens with two attached hydrogens (primary N) is 1. The van der Waals surface area contributed by atoms with Gasteiger partial charge >= 0.3 is 0 Å². The standard InChI is InChI=1S/C12H16N2OS/c1-6-10(12(13)15)11-8-4-3-7(14(8)2)5-9(11)16-6/h7-8H,3-5H2,1-2H3,(H2,13,15)/t7-,8?/m1/s1. The number of rotatable bonds is 1. The Morgan fingerprint density at radius 2 is 2.25 bits per heavy atom. The largest absolute Gasteiger partial charge is 0.366 e. The molecule has 2 bridgehead atoms. The average Bonchev–Trinajstić information content (AvgIpc) is 2.64. The van der Waals surface area contributed by atoms with Crippen molar-refractivity contribution >= 4 is 17.2 Å². The minimum absolute atomic E-state index is 0.256. The van der Waals surface area contributed by atoms with Crippen molar-refractivity contribution in [2.24, 2.45) is 5.73 Å². The summed E-state index contributed by atoms with van der Waals surface area (Å²) in [4.78, 5) is 16.5. The van der Waals surface area contributed by atoms with Crippen molar-refractivity contribution in [2.75, 3.05) is 7.05 Å². The maximum atomic E-state index is 11.5. The first kappa shape index (κ1) is 10.3. The third-order valence-corrected chi connectivity index (χ3v) is 5.18. The highest BCUT2D eigenvalue weighted by atomic mass is 32.1. The summed E-state index contributed by atoms with van der Waals surface area (Å²) < 4.78 is 0.